The van der Waals surface area contributed by atoms with Crippen LogP contribution in [0.2, 0.25) is 0 Å². The SMILES string of the molecule is O=C(NC[C@@H](c1ccccc1)N1CCCC1)c1cncn1-c1ccccc1. The number of hydrogen-bond acceptors (Lipinski definition) is 3. The van der Waals surface area contributed by atoms with E-state index in [4.69, 9.17) is 0 Å². The molecule has 27 heavy (non-hydrogen) atoms. The highest BCUT2D eigenvalue weighted by Gasteiger charge is 2.24. The molecule has 2 aromatic carbocycles. The number of rotatable bonds is 6. The zero-order valence-corrected chi connectivity index (χ0v) is 15.3. The molecule has 1 aromatic heterocycles. The summed E-state index contributed by atoms with van der Waals surface area (Å²) < 4.78 is 1.82. The molecular formula is C22H24N4O. The maximum absolute atomic E-state index is 12.9. The molecule has 0 radical (unpaired) electrons. The van der Waals surface area contributed by atoms with Crippen molar-refractivity contribution < 1.29 is 4.79 Å². The van der Waals surface area contributed by atoms with Gasteiger partial charge in [-0.3, -0.25) is 14.3 Å². The highest BCUT2D eigenvalue weighted by Crippen LogP contribution is 2.24. The molecule has 138 valence electrons. The maximum atomic E-state index is 12.9. The van der Waals surface area contributed by atoms with E-state index in [0.29, 0.717) is 12.2 Å². The number of likely N-dealkylation sites (tertiary alicyclic amines) is 1. The second-order valence-corrected chi connectivity index (χ2v) is 6.86. The number of carbonyl (C=O) groups excluding carboxylic acids is 1. The van der Waals surface area contributed by atoms with Crippen LogP contribution >= 0.6 is 0 Å². The van der Waals surface area contributed by atoms with E-state index in [2.05, 4.69) is 39.5 Å². The van der Waals surface area contributed by atoms with Crippen LogP contribution in [0.4, 0.5) is 0 Å². The monoisotopic (exact) mass is 360 g/mol. The van der Waals surface area contributed by atoms with Gasteiger partial charge >= 0.3 is 0 Å². The van der Waals surface area contributed by atoms with Gasteiger partial charge in [0, 0.05) is 12.2 Å². The normalized spacial score (nSPS) is 15.6. The molecule has 1 aliphatic rings. The highest BCUT2D eigenvalue weighted by atomic mass is 16.2. The number of amides is 1. The number of imidazole rings is 1. The third kappa shape index (κ3) is 3.93. The summed E-state index contributed by atoms with van der Waals surface area (Å²) in [6, 6.07) is 20.4. The predicted octanol–water partition coefficient (Wildman–Crippen LogP) is 3.44. The molecule has 1 amide bonds. The van der Waals surface area contributed by atoms with Crippen LogP contribution in [0, 0.1) is 0 Å². The van der Waals surface area contributed by atoms with Gasteiger partial charge in [0.05, 0.1) is 18.6 Å². The standard InChI is InChI=1S/C22H24N4O/c27-22(21-15-23-17-26(21)19-11-5-2-6-12-19)24-16-20(25-13-7-8-14-25)18-9-3-1-4-10-18/h1-6,9-12,15,17,20H,7-8,13-14,16H2,(H,24,27)/t20-/m0/s1. The van der Waals surface area contributed by atoms with Crippen molar-refractivity contribution in [3.05, 3.63) is 84.4 Å². The molecule has 5 heteroatoms. The lowest BCUT2D eigenvalue weighted by molar-refractivity contribution is 0.0931. The van der Waals surface area contributed by atoms with Gasteiger partial charge in [-0.05, 0) is 43.6 Å². The Kier molecular flexibility index (Phi) is 5.30. The van der Waals surface area contributed by atoms with Crippen LogP contribution in [0.3, 0.4) is 0 Å². The quantitative estimate of drug-likeness (QED) is 0.733. The second-order valence-electron chi connectivity index (χ2n) is 6.86. The number of para-hydroxylation sites is 1. The molecule has 1 fully saturated rings. The maximum Gasteiger partial charge on any atom is 0.269 e. The minimum Gasteiger partial charge on any atom is -0.349 e. The Hall–Kier alpha value is -2.92. The van der Waals surface area contributed by atoms with E-state index in [-0.39, 0.29) is 11.9 Å². The van der Waals surface area contributed by atoms with Crippen molar-refractivity contribution in [1.82, 2.24) is 19.8 Å². The molecule has 0 spiro atoms. The van der Waals surface area contributed by atoms with Gasteiger partial charge in [-0.2, -0.15) is 0 Å². The molecule has 5 nitrogen and oxygen atoms in total. The first-order valence-corrected chi connectivity index (χ1v) is 9.48. The zero-order chi connectivity index (χ0) is 18.5. The first kappa shape index (κ1) is 17.5. The van der Waals surface area contributed by atoms with Crippen molar-refractivity contribution in [1.29, 1.82) is 0 Å². The van der Waals surface area contributed by atoms with Crippen LogP contribution in [-0.2, 0) is 0 Å². The molecule has 1 N–H and O–H groups in total. The van der Waals surface area contributed by atoms with Crippen LogP contribution < -0.4 is 5.32 Å². The van der Waals surface area contributed by atoms with Crippen molar-refractivity contribution >= 4 is 5.91 Å². The summed E-state index contributed by atoms with van der Waals surface area (Å²) in [5.74, 6) is -0.100. The number of nitrogens with one attached hydrogen (secondary N) is 1. The molecule has 3 aromatic rings. The van der Waals surface area contributed by atoms with Gasteiger partial charge in [0.2, 0.25) is 0 Å². The van der Waals surface area contributed by atoms with Gasteiger partial charge in [0.1, 0.15) is 5.69 Å². The van der Waals surface area contributed by atoms with Crippen molar-refractivity contribution in [2.45, 2.75) is 18.9 Å². The Morgan fingerprint density at radius 3 is 2.37 bits per heavy atom. The van der Waals surface area contributed by atoms with Crippen molar-refractivity contribution in [3.63, 3.8) is 0 Å². The Morgan fingerprint density at radius 1 is 1.00 bits per heavy atom. The van der Waals surface area contributed by atoms with Gasteiger partial charge in [-0.25, -0.2) is 4.98 Å². The average molecular weight is 360 g/mol. The van der Waals surface area contributed by atoms with Gasteiger partial charge < -0.3 is 5.32 Å². The summed E-state index contributed by atoms with van der Waals surface area (Å²) in [5.41, 5.74) is 2.73. The Morgan fingerprint density at radius 2 is 1.67 bits per heavy atom. The summed E-state index contributed by atoms with van der Waals surface area (Å²) in [4.78, 5) is 19.5. The van der Waals surface area contributed by atoms with Crippen molar-refractivity contribution in [3.8, 4) is 5.69 Å². The van der Waals surface area contributed by atoms with E-state index < -0.39 is 0 Å². The summed E-state index contributed by atoms with van der Waals surface area (Å²) in [6.45, 7) is 2.75. The molecule has 0 saturated carbocycles. The lowest BCUT2D eigenvalue weighted by Gasteiger charge is -2.28. The number of benzene rings is 2. The third-order valence-electron chi connectivity index (χ3n) is 5.13. The fourth-order valence-electron chi connectivity index (χ4n) is 3.72. The molecule has 2 heterocycles. The fourth-order valence-corrected chi connectivity index (χ4v) is 3.72. The van der Waals surface area contributed by atoms with Crippen LogP contribution in [0.15, 0.2) is 73.2 Å². The average Bonchev–Trinajstić information content (AvgIpc) is 3.42. The molecule has 1 saturated heterocycles. The van der Waals surface area contributed by atoms with Crippen LogP contribution in [0.1, 0.15) is 34.9 Å². The number of aromatic nitrogens is 2. The fraction of sp³-hybridized carbons (Fsp3) is 0.273. The summed E-state index contributed by atoms with van der Waals surface area (Å²) >= 11 is 0. The van der Waals surface area contributed by atoms with Crippen molar-refractivity contribution in [2.24, 2.45) is 0 Å². The summed E-state index contributed by atoms with van der Waals surface area (Å²) in [6.07, 6.45) is 5.74. The third-order valence-corrected chi connectivity index (χ3v) is 5.13. The van der Waals surface area contributed by atoms with Crippen LogP contribution in [0.5, 0.6) is 0 Å². The number of carbonyl (C=O) groups is 1. The van der Waals surface area contributed by atoms with E-state index in [0.717, 1.165) is 18.8 Å². The minimum atomic E-state index is -0.100. The summed E-state index contributed by atoms with van der Waals surface area (Å²) in [7, 11) is 0. The number of hydrogen-bond donors (Lipinski definition) is 1. The Balaban J connectivity index is 1.50. The van der Waals surface area contributed by atoms with Gasteiger partial charge in [0.25, 0.3) is 5.91 Å². The highest BCUT2D eigenvalue weighted by molar-refractivity contribution is 5.93. The van der Waals surface area contributed by atoms with E-state index in [9.17, 15) is 4.79 Å². The zero-order valence-electron chi connectivity index (χ0n) is 15.3. The van der Waals surface area contributed by atoms with Gasteiger partial charge in [-0.15, -0.1) is 0 Å². The van der Waals surface area contributed by atoms with E-state index in [1.807, 2.05) is 41.0 Å². The van der Waals surface area contributed by atoms with E-state index in [1.165, 1.54) is 18.4 Å². The largest absolute Gasteiger partial charge is 0.349 e. The first-order valence-electron chi connectivity index (χ1n) is 9.48. The molecule has 0 bridgehead atoms. The summed E-state index contributed by atoms with van der Waals surface area (Å²) in [5, 5.41) is 3.13. The number of nitrogens with zero attached hydrogens (tertiary/aromatic N) is 3. The smallest absolute Gasteiger partial charge is 0.269 e. The molecule has 0 unspecified atom stereocenters. The minimum absolute atomic E-state index is 0.100. The predicted molar refractivity (Wildman–Crippen MR) is 106 cm³/mol. The topological polar surface area (TPSA) is 50.2 Å². The van der Waals surface area contributed by atoms with Crippen LogP contribution in [-0.4, -0.2) is 40.0 Å². The Bertz CT molecular complexity index is 870. The first-order chi connectivity index (χ1) is 13.3. The molecule has 1 atom stereocenters. The molecule has 4 rings (SSSR count). The van der Waals surface area contributed by atoms with Gasteiger partial charge in [-0.1, -0.05) is 48.5 Å². The van der Waals surface area contributed by atoms with Crippen molar-refractivity contribution in [2.75, 3.05) is 19.6 Å². The Labute approximate surface area is 159 Å². The lowest BCUT2D eigenvalue weighted by Crippen LogP contribution is -2.37. The molecular weight excluding hydrogens is 336 g/mol. The van der Waals surface area contributed by atoms with E-state index in [1.54, 1.807) is 12.5 Å². The molecule has 1 aliphatic heterocycles. The van der Waals surface area contributed by atoms with Gasteiger partial charge in [0.15, 0.2) is 0 Å². The molecule has 0 aliphatic carbocycles. The second kappa shape index (κ2) is 8.18. The van der Waals surface area contributed by atoms with Crippen LogP contribution in [0.25, 0.3) is 5.69 Å². The lowest BCUT2D eigenvalue weighted by atomic mass is 10.1. The van der Waals surface area contributed by atoms with E-state index >= 15 is 0 Å².